The van der Waals surface area contributed by atoms with Crippen LogP contribution in [0.15, 0.2) is 30.3 Å². The molecule has 0 saturated carbocycles. The highest BCUT2D eigenvalue weighted by atomic mass is 19.1. The summed E-state index contributed by atoms with van der Waals surface area (Å²) in [5, 5.41) is 3.16. The molecule has 1 aromatic heterocycles. The summed E-state index contributed by atoms with van der Waals surface area (Å²) >= 11 is 0. The standard InChI is InChI=1S/C15H19FN4O/c1-2-21-10-15-19-13(17)9-14(20-15)18-7-6-11-4-3-5-12(16)8-11/h3-5,8-9H,2,6-7,10H2,1H3,(H3,17,18,19,20). The predicted molar refractivity (Wildman–Crippen MR) is 80.4 cm³/mol. The van der Waals surface area contributed by atoms with Crippen LogP contribution in [0.3, 0.4) is 0 Å². The molecule has 0 atom stereocenters. The molecule has 0 aliphatic carbocycles. The summed E-state index contributed by atoms with van der Waals surface area (Å²) in [7, 11) is 0. The van der Waals surface area contributed by atoms with E-state index in [2.05, 4.69) is 15.3 Å². The molecule has 0 spiro atoms. The molecular formula is C15H19FN4O. The minimum Gasteiger partial charge on any atom is -0.384 e. The van der Waals surface area contributed by atoms with Crippen LogP contribution in [-0.2, 0) is 17.8 Å². The molecule has 21 heavy (non-hydrogen) atoms. The SMILES string of the molecule is CCOCc1nc(N)cc(NCCc2cccc(F)c2)n1. The van der Waals surface area contributed by atoms with Gasteiger partial charge in [0, 0.05) is 19.2 Å². The van der Waals surface area contributed by atoms with E-state index in [1.54, 1.807) is 12.1 Å². The molecule has 0 fully saturated rings. The van der Waals surface area contributed by atoms with Gasteiger partial charge in [-0.3, -0.25) is 0 Å². The Hall–Kier alpha value is -2.21. The van der Waals surface area contributed by atoms with E-state index >= 15 is 0 Å². The summed E-state index contributed by atoms with van der Waals surface area (Å²) in [5.74, 6) is 1.37. The highest BCUT2D eigenvalue weighted by molar-refractivity contribution is 5.44. The van der Waals surface area contributed by atoms with E-state index in [1.165, 1.54) is 12.1 Å². The number of benzene rings is 1. The first-order chi connectivity index (χ1) is 10.2. The van der Waals surface area contributed by atoms with Crippen LogP contribution in [0.4, 0.5) is 16.0 Å². The van der Waals surface area contributed by atoms with Gasteiger partial charge in [0.25, 0.3) is 0 Å². The van der Waals surface area contributed by atoms with E-state index in [0.29, 0.717) is 43.6 Å². The van der Waals surface area contributed by atoms with Crippen molar-refractivity contribution >= 4 is 11.6 Å². The van der Waals surface area contributed by atoms with Gasteiger partial charge in [0.15, 0.2) is 5.82 Å². The molecule has 0 saturated heterocycles. The maximum atomic E-state index is 13.1. The minimum absolute atomic E-state index is 0.224. The van der Waals surface area contributed by atoms with Crippen molar-refractivity contribution in [3.63, 3.8) is 0 Å². The summed E-state index contributed by atoms with van der Waals surface area (Å²) in [5.41, 5.74) is 6.67. The van der Waals surface area contributed by atoms with E-state index < -0.39 is 0 Å². The topological polar surface area (TPSA) is 73.1 Å². The summed E-state index contributed by atoms with van der Waals surface area (Å²) in [6.45, 7) is 3.47. The summed E-state index contributed by atoms with van der Waals surface area (Å²) < 4.78 is 18.3. The van der Waals surface area contributed by atoms with E-state index in [1.807, 2.05) is 13.0 Å². The molecule has 2 aromatic rings. The number of nitrogen functional groups attached to an aromatic ring is 1. The van der Waals surface area contributed by atoms with Crippen molar-refractivity contribution in [3.05, 3.63) is 47.5 Å². The zero-order valence-corrected chi connectivity index (χ0v) is 12.0. The molecule has 0 unspecified atom stereocenters. The third-order valence-electron chi connectivity index (χ3n) is 2.84. The molecule has 0 radical (unpaired) electrons. The Labute approximate surface area is 123 Å². The molecule has 1 heterocycles. The van der Waals surface area contributed by atoms with E-state index in [4.69, 9.17) is 10.5 Å². The van der Waals surface area contributed by atoms with Crippen LogP contribution >= 0.6 is 0 Å². The second kappa shape index (κ2) is 7.54. The van der Waals surface area contributed by atoms with Gasteiger partial charge >= 0.3 is 0 Å². The highest BCUT2D eigenvalue weighted by Crippen LogP contribution is 2.10. The van der Waals surface area contributed by atoms with Gasteiger partial charge in [-0.25, -0.2) is 14.4 Å². The van der Waals surface area contributed by atoms with Gasteiger partial charge in [-0.15, -0.1) is 0 Å². The van der Waals surface area contributed by atoms with Gasteiger partial charge < -0.3 is 15.8 Å². The summed E-state index contributed by atoms with van der Waals surface area (Å²) in [4.78, 5) is 8.42. The van der Waals surface area contributed by atoms with Gasteiger partial charge in [-0.05, 0) is 31.0 Å². The Morgan fingerprint density at radius 2 is 2.14 bits per heavy atom. The number of nitrogens with two attached hydrogens (primary N) is 1. The van der Waals surface area contributed by atoms with E-state index in [-0.39, 0.29) is 5.82 Å². The molecule has 2 rings (SSSR count). The van der Waals surface area contributed by atoms with Crippen molar-refractivity contribution in [1.82, 2.24) is 9.97 Å². The minimum atomic E-state index is -0.224. The van der Waals surface area contributed by atoms with Crippen molar-refractivity contribution in [1.29, 1.82) is 0 Å². The Morgan fingerprint density at radius 3 is 2.90 bits per heavy atom. The number of halogens is 1. The predicted octanol–water partition coefficient (Wildman–Crippen LogP) is 2.39. The van der Waals surface area contributed by atoms with Gasteiger partial charge in [0.1, 0.15) is 24.1 Å². The molecule has 6 heteroatoms. The molecule has 5 nitrogen and oxygen atoms in total. The molecule has 112 valence electrons. The van der Waals surface area contributed by atoms with Crippen LogP contribution < -0.4 is 11.1 Å². The van der Waals surface area contributed by atoms with Gasteiger partial charge in [0.2, 0.25) is 0 Å². The monoisotopic (exact) mass is 290 g/mol. The van der Waals surface area contributed by atoms with E-state index in [0.717, 1.165) is 5.56 Å². The van der Waals surface area contributed by atoms with Crippen molar-refractivity contribution in [2.45, 2.75) is 20.0 Å². The second-order valence-corrected chi connectivity index (χ2v) is 4.54. The molecule has 0 aliphatic rings. The summed E-state index contributed by atoms with van der Waals surface area (Å²) in [6, 6.07) is 8.22. The lowest BCUT2D eigenvalue weighted by Crippen LogP contribution is -2.10. The zero-order valence-electron chi connectivity index (χ0n) is 12.0. The van der Waals surface area contributed by atoms with Crippen LogP contribution in [0.25, 0.3) is 0 Å². The molecule has 0 bridgehead atoms. The largest absolute Gasteiger partial charge is 0.384 e. The van der Waals surface area contributed by atoms with Crippen LogP contribution in [-0.4, -0.2) is 23.1 Å². The Balaban J connectivity index is 1.91. The molecule has 1 aromatic carbocycles. The average molecular weight is 290 g/mol. The molecule has 3 N–H and O–H groups in total. The number of nitrogens with one attached hydrogen (secondary N) is 1. The van der Waals surface area contributed by atoms with Crippen molar-refractivity contribution < 1.29 is 9.13 Å². The molecule has 0 aliphatic heterocycles. The normalized spacial score (nSPS) is 10.6. The first-order valence-electron chi connectivity index (χ1n) is 6.87. The number of rotatable bonds is 7. The van der Waals surface area contributed by atoms with Gasteiger partial charge in [-0.2, -0.15) is 0 Å². The third-order valence-corrected chi connectivity index (χ3v) is 2.84. The Morgan fingerprint density at radius 1 is 1.29 bits per heavy atom. The number of hydrogen-bond acceptors (Lipinski definition) is 5. The van der Waals surface area contributed by atoms with Crippen LogP contribution in [0, 0.1) is 5.82 Å². The van der Waals surface area contributed by atoms with Crippen molar-refractivity contribution in [2.75, 3.05) is 24.2 Å². The number of ether oxygens (including phenoxy) is 1. The maximum absolute atomic E-state index is 13.1. The fraction of sp³-hybridized carbons (Fsp3) is 0.333. The fourth-order valence-corrected chi connectivity index (χ4v) is 1.89. The molecular weight excluding hydrogens is 271 g/mol. The lowest BCUT2D eigenvalue weighted by Gasteiger charge is -2.08. The smallest absolute Gasteiger partial charge is 0.158 e. The quantitative estimate of drug-likeness (QED) is 0.819. The second-order valence-electron chi connectivity index (χ2n) is 4.54. The first-order valence-corrected chi connectivity index (χ1v) is 6.87. The lowest BCUT2D eigenvalue weighted by atomic mass is 10.1. The number of aromatic nitrogens is 2. The maximum Gasteiger partial charge on any atom is 0.158 e. The summed E-state index contributed by atoms with van der Waals surface area (Å²) in [6.07, 6.45) is 0.697. The van der Waals surface area contributed by atoms with Crippen LogP contribution in [0.5, 0.6) is 0 Å². The van der Waals surface area contributed by atoms with Crippen LogP contribution in [0.2, 0.25) is 0 Å². The number of anilines is 2. The van der Waals surface area contributed by atoms with Gasteiger partial charge in [-0.1, -0.05) is 12.1 Å². The van der Waals surface area contributed by atoms with Crippen LogP contribution in [0.1, 0.15) is 18.3 Å². The average Bonchev–Trinajstić information content (AvgIpc) is 2.45. The van der Waals surface area contributed by atoms with Gasteiger partial charge in [0.05, 0.1) is 0 Å². The fourth-order valence-electron chi connectivity index (χ4n) is 1.89. The number of nitrogens with zero attached hydrogens (tertiary/aromatic N) is 2. The first kappa shape index (κ1) is 15.2. The van der Waals surface area contributed by atoms with E-state index in [9.17, 15) is 4.39 Å². The van der Waals surface area contributed by atoms with Crippen molar-refractivity contribution in [2.24, 2.45) is 0 Å². The number of hydrogen-bond donors (Lipinski definition) is 2. The Kier molecular flexibility index (Phi) is 5.45. The Bertz CT molecular complexity index is 592. The third kappa shape index (κ3) is 5.00. The zero-order chi connectivity index (χ0) is 15.1. The van der Waals surface area contributed by atoms with Crippen molar-refractivity contribution in [3.8, 4) is 0 Å². The lowest BCUT2D eigenvalue weighted by molar-refractivity contribution is 0.128. The highest BCUT2D eigenvalue weighted by Gasteiger charge is 2.03. The molecule has 0 amide bonds.